The van der Waals surface area contributed by atoms with E-state index in [-0.39, 0.29) is 43.0 Å². The van der Waals surface area contributed by atoms with Crippen LogP contribution in [0, 0.1) is 0 Å². The Morgan fingerprint density at radius 3 is 2.19 bits per heavy atom. The van der Waals surface area contributed by atoms with Crippen molar-refractivity contribution in [2.75, 3.05) is 19.6 Å². The second-order valence-corrected chi connectivity index (χ2v) is 7.02. The van der Waals surface area contributed by atoms with E-state index in [1.807, 2.05) is 4.90 Å². The van der Waals surface area contributed by atoms with Crippen LogP contribution in [0.2, 0.25) is 0 Å². The van der Waals surface area contributed by atoms with E-state index < -0.39 is 0 Å². The Kier molecular flexibility index (Phi) is 6.21. The number of hydrogen-bond donors (Lipinski definition) is 1. The number of amides is 4. The zero-order chi connectivity index (χ0) is 19.2. The van der Waals surface area contributed by atoms with Gasteiger partial charge in [0.15, 0.2) is 0 Å². The Hall–Kier alpha value is -2.70. The molecule has 7 nitrogen and oxygen atoms in total. The fraction of sp³-hybridized carbons (Fsp3) is 0.500. The van der Waals surface area contributed by atoms with Gasteiger partial charge in [0.2, 0.25) is 17.7 Å². The highest BCUT2D eigenvalue weighted by Gasteiger charge is 2.28. The molecule has 2 saturated heterocycles. The van der Waals surface area contributed by atoms with Crippen LogP contribution in [0.25, 0.3) is 0 Å². The van der Waals surface area contributed by atoms with Crippen LogP contribution >= 0.6 is 0 Å². The van der Waals surface area contributed by atoms with E-state index in [1.54, 1.807) is 24.3 Å². The molecule has 0 atom stereocenters. The molecule has 144 valence electrons. The first-order valence-electron chi connectivity index (χ1n) is 9.53. The van der Waals surface area contributed by atoms with Gasteiger partial charge < -0.3 is 10.2 Å². The number of nitrogens with one attached hydrogen (secondary N) is 1. The predicted octanol–water partition coefficient (Wildman–Crippen LogP) is 1.47. The molecule has 0 bridgehead atoms. The van der Waals surface area contributed by atoms with Crippen LogP contribution < -0.4 is 5.32 Å². The van der Waals surface area contributed by atoms with E-state index >= 15 is 0 Å². The Labute approximate surface area is 158 Å². The van der Waals surface area contributed by atoms with Gasteiger partial charge in [-0.2, -0.15) is 0 Å². The summed E-state index contributed by atoms with van der Waals surface area (Å²) < 4.78 is 0. The summed E-state index contributed by atoms with van der Waals surface area (Å²) in [4.78, 5) is 50.7. The van der Waals surface area contributed by atoms with Gasteiger partial charge >= 0.3 is 0 Å². The van der Waals surface area contributed by atoms with Crippen molar-refractivity contribution in [3.63, 3.8) is 0 Å². The maximum absolute atomic E-state index is 12.2. The van der Waals surface area contributed by atoms with Crippen LogP contribution in [0.1, 0.15) is 54.4 Å². The lowest BCUT2D eigenvalue weighted by atomic mass is 10.1. The fourth-order valence-electron chi connectivity index (χ4n) is 3.43. The maximum Gasteiger partial charge on any atom is 0.251 e. The van der Waals surface area contributed by atoms with Gasteiger partial charge in [-0.25, -0.2) is 0 Å². The monoisotopic (exact) mass is 371 g/mol. The minimum Gasteiger partial charge on any atom is -0.352 e. The average molecular weight is 371 g/mol. The average Bonchev–Trinajstić information content (AvgIpc) is 3.01. The van der Waals surface area contributed by atoms with E-state index in [1.165, 1.54) is 11.3 Å². The van der Waals surface area contributed by atoms with Crippen molar-refractivity contribution in [3.8, 4) is 0 Å². The minimum absolute atomic E-state index is 0.0882. The summed E-state index contributed by atoms with van der Waals surface area (Å²) in [7, 11) is 0. The van der Waals surface area contributed by atoms with Gasteiger partial charge in [-0.05, 0) is 37.0 Å². The fourth-order valence-corrected chi connectivity index (χ4v) is 3.43. The quantitative estimate of drug-likeness (QED) is 0.767. The van der Waals surface area contributed by atoms with Crippen LogP contribution in [0.3, 0.4) is 0 Å². The number of rotatable bonds is 6. The van der Waals surface area contributed by atoms with E-state index in [4.69, 9.17) is 0 Å². The standard InChI is InChI=1S/C20H25N3O4/c24-17(22-12-2-1-3-13-22)10-11-21-20(27)16-6-4-15(5-7-16)14-23-18(25)8-9-19(23)26/h4-7H,1-3,8-14H2,(H,21,27). The normalized spacial score (nSPS) is 17.3. The highest BCUT2D eigenvalue weighted by molar-refractivity contribution is 6.01. The van der Waals surface area contributed by atoms with Crippen molar-refractivity contribution in [3.05, 3.63) is 35.4 Å². The van der Waals surface area contributed by atoms with Gasteiger partial charge in [0.1, 0.15) is 0 Å². The number of piperidine rings is 1. The Morgan fingerprint density at radius 2 is 1.56 bits per heavy atom. The van der Waals surface area contributed by atoms with Gasteiger partial charge in [-0.1, -0.05) is 12.1 Å². The zero-order valence-corrected chi connectivity index (χ0v) is 15.4. The molecule has 2 aliphatic heterocycles. The molecular formula is C20H25N3O4. The summed E-state index contributed by atoms with van der Waals surface area (Å²) in [5.74, 6) is -0.452. The van der Waals surface area contributed by atoms with Crippen molar-refractivity contribution in [2.24, 2.45) is 0 Å². The molecule has 0 aromatic heterocycles. The molecule has 27 heavy (non-hydrogen) atoms. The van der Waals surface area contributed by atoms with Crippen LogP contribution in [0.15, 0.2) is 24.3 Å². The topological polar surface area (TPSA) is 86.8 Å². The van der Waals surface area contributed by atoms with Gasteiger partial charge in [0.25, 0.3) is 5.91 Å². The largest absolute Gasteiger partial charge is 0.352 e. The number of imide groups is 1. The minimum atomic E-state index is -0.235. The van der Waals surface area contributed by atoms with E-state index in [0.717, 1.165) is 31.5 Å². The number of hydrogen-bond acceptors (Lipinski definition) is 4. The lowest BCUT2D eigenvalue weighted by Gasteiger charge is -2.26. The van der Waals surface area contributed by atoms with Gasteiger partial charge in [-0.15, -0.1) is 0 Å². The number of benzene rings is 1. The summed E-state index contributed by atoms with van der Waals surface area (Å²) in [6.07, 6.45) is 4.14. The highest BCUT2D eigenvalue weighted by Crippen LogP contribution is 2.16. The molecule has 1 aromatic rings. The molecule has 0 aliphatic carbocycles. The van der Waals surface area contributed by atoms with Crippen molar-refractivity contribution < 1.29 is 19.2 Å². The molecule has 3 rings (SSSR count). The summed E-state index contributed by atoms with van der Waals surface area (Å²) in [6.45, 7) is 2.18. The Morgan fingerprint density at radius 1 is 0.926 bits per heavy atom. The Balaban J connectivity index is 1.45. The lowest BCUT2D eigenvalue weighted by molar-refractivity contribution is -0.139. The molecule has 0 unspecified atom stereocenters. The number of carbonyl (C=O) groups excluding carboxylic acids is 4. The summed E-state index contributed by atoms with van der Waals surface area (Å²) in [5.41, 5.74) is 1.29. The van der Waals surface area contributed by atoms with Crippen molar-refractivity contribution in [1.82, 2.24) is 15.1 Å². The van der Waals surface area contributed by atoms with Gasteiger partial charge in [0.05, 0.1) is 6.54 Å². The first kappa shape index (κ1) is 19.1. The molecule has 2 aliphatic rings. The number of nitrogens with zero attached hydrogens (tertiary/aromatic N) is 2. The van der Waals surface area contributed by atoms with E-state index in [9.17, 15) is 19.2 Å². The highest BCUT2D eigenvalue weighted by atomic mass is 16.2. The molecule has 2 fully saturated rings. The third-order valence-electron chi connectivity index (χ3n) is 5.04. The summed E-state index contributed by atoms with van der Waals surface area (Å²) >= 11 is 0. The zero-order valence-electron chi connectivity index (χ0n) is 15.4. The third-order valence-corrected chi connectivity index (χ3v) is 5.04. The van der Waals surface area contributed by atoms with Crippen molar-refractivity contribution >= 4 is 23.6 Å². The first-order chi connectivity index (χ1) is 13.0. The maximum atomic E-state index is 12.2. The molecule has 1 aromatic carbocycles. The Bertz CT molecular complexity index is 707. The van der Waals surface area contributed by atoms with Crippen LogP contribution in [0.4, 0.5) is 0 Å². The van der Waals surface area contributed by atoms with E-state index in [0.29, 0.717) is 18.5 Å². The van der Waals surface area contributed by atoms with Crippen LogP contribution in [-0.4, -0.2) is 53.1 Å². The van der Waals surface area contributed by atoms with Gasteiger partial charge in [-0.3, -0.25) is 24.1 Å². The second-order valence-electron chi connectivity index (χ2n) is 7.02. The van der Waals surface area contributed by atoms with Crippen molar-refractivity contribution in [2.45, 2.75) is 45.1 Å². The molecule has 7 heteroatoms. The molecule has 4 amide bonds. The smallest absolute Gasteiger partial charge is 0.251 e. The molecule has 0 spiro atoms. The first-order valence-corrected chi connectivity index (χ1v) is 9.53. The third kappa shape index (κ3) is 4.93. The molecule has 1 N–H and O–H groups in total. The van der Waals surface area contributed by atoms with Crippen LogP contribution in [0.5, 0.6) is 0 Å². The number of carbonyl (C=O) groups is 4. The van der Waals surface area contributed by atoms with E-state index in [2.05, 4.69) is 5.32 Å². The molecule has 0 saturated carbocycles. The van der Waals surface area contributed by atoms with Crippen molar-refractivity contribution in [1.29, 1.82) is 0 Å². The van der Waals surface area contributed by atoms with Crippen LogP contribution in [-0.2, 0) is 20.9 Å². The number of likely N-dealkylation sites (tertiary alicyclic amines) is 2. The van der Waals surface area contributed by atoms with Gasteiger partial charge in [0, 0.05) is 44.5 Å². The molecule has 2 heterocycles. The summed E-state index contributed by atoms with van der Waals surface area (Å²) in [5, 5.41) is 2.77. The summed E-state index contributed by atoms with van der Waals surface area (Å²) in [6, 6.07) is 6.82. The second kappa shape index (κ2) is 8.79. The molecular weight excluding hydrogens is 346 g/mol. The SMILES string of the molecule is O=C(NCCC(=O)N1CCCCC1)c1ccc(CN2C(=O)CCC2=O)cc1. The predicted molar refractivity (Wildman–Crippen MR) is 98.6 cm³/mol. The lowest BCUT2D eigenvalue weighted by Crippen LogP contribution is -2.37. The molecule has 0 radical (unpaired) electrons.